The number of ether oxygens (including phenoxy) is 4. The predicted molar refractivity (Wildman–Crippen MR) is 165 cm³/mol. The fourth-order valence-corrected chi connectivity index (χ4v) is 4.18. The van der Waals surface area contributed by atoms with Gasteiger partial charge in [-0.2, -0.15) is 0 Å². The molecule has 4 aromatic rings. The third kappa shape index (κ3) is 7.98. The third-order valence-electron chi connectivity index (χ3n) is 6.31. The molecule has 0 unspecified atom stereocenters. The summed E-state index contributed by atoms with van der Waals surface area (Å²) in [5, 5.41) is 0. The number of rotatable bonds is 13. The zero-order chi connectivity index (χ0) is 29.9. The highest BCUT2D eigenvalue weighted by Gasteiger charge is 2.14. The molecule has 0 radical (unpaired) electrons. The van der Waals surface area contributed by atoms with Crippen LogP contribution >= 0.6 is 0 Å². The number of benzene rings is 4. The van der Waals surface area contributed by atoms with Crippen molar-refractivity contribution in [3.8, 4) is 44.9 Å². The summed E-state index contributed by atoms with van der Waals surface area (Å²) >= 11 is 0. The fraction of sp³-hybridized carbons (Fsp3) is 0.167. The summed E-state index contributed by atoms with van der Waals surface area (Å²) in [5.74, 6) is 0.492. The molecule has 4 aromatic carbocycles. The second-order valence-corrected chi connectivity index (χ2v) is 9.68. The van der Waals surface area contributed by atoms with Crippen molar-refractivity contribution in [2.75, 3.05) is 26.4 Å². The van der Waals surface area contributed by atoms with Crippen LogP contribution in [0.2, 0.25) is 0 Å². The van der Waals surface area contributed by atoms with Crippen LogP contribution in [0, 0.1) is 0 Å². The van der Waals surface area contributed by atoms with Crippen molar-refractivity contribution < 1.29 is 28.5 Å². The maximum absolute atomic E-state index is 11.7. The van der Waals surface area contributed by atoms with Crippen LogP contribution in [0.5, 0.6) is 11.5 Å². The molecule has 0 bridgehead atoms. The van der Waals surface area contributed by atoms with E-state index in [0.717, 1.165) is 33.4 Å². The molecule has 0 spiro atoms. The average Bonchev–Trinajstić information content (AvgIpc) is 3.02. The fourth-order valence-electron chi connectivity index (χ4n) is 4.18. The zero-order valence-corrected chi connectivity index (χ0v) is 23.9. The van der Waals surface area contributed by atoms with E-state index in [1.807, 2.05) is 84.9 Å². The first-order valence-corrected chi connectivity index (χ1v) is 13.6. The number of hydrogen-bond donors (Lipinski definition) is 0. The van der Waals surface area contributed by atoms with E-state index in [4.69, 9.17) is 18.9 Å². The second kappa shape index (κ2) is 14.5. The lowest BCUT2D eigenvalue weighted by molar-refractivity contribution is -0.140. The van der Waals surface area contributed by atoms with Gasteiger partial charge in [0.25, 0.3) is 0 Å². The summed E-state index contributed by atoms with van der Waals surface area (Å²) in [6, 6.07) is 32.0. The van der Waals surface area contributed by atoms with E-state index in [-0.39, 0.29) is 26.4 Å². The molecule has 0 aliphatic carbocycles. The molecule has 0 N–H and O–H groups in total. The lowest BCUT2D eigenvalue weighted by Gasteiger charge is -2.16. The number of carbonyl (C=O) groups is 2. The Morgan fingerprint density at radius 2 is 0.905 bits per heavy atom. The summed E-state index contributed by atoms with van der Waals surface area (Å²) in [6.07, 6.45) is 0. The second-order valence-electron chi connectivity index (χ2n) is 9.68. The van der Waals surface area contributed by atoms with Gasteiger partial charge in [0.1, 0.15) is 37.9 Å². The Morgan fingerprint density at radius 1 is 0.524 bits per heavy atom. The largest absolute Gasteiger partial charge is 0.489 e. The Hall–Kier alpha value is -5.10. The van der Waals surface area contributed by atoms with Gasteiger partial charge in [-0.25, -0.2) is 9.59 Å². The molecule has 0 amide bonds. The molecule has 214 valence electrons. The van der Waals surface area contributed by atoms with Crippen LogP contribution in [0.3, 0.4) is 0 Å². The van der Waals surface area contributed by atoms with Gasteiger partial charge in [-0.05, 0) is 60.4 Å². The van der Waals surface area contributed by atoms with Crippen LogP contribution in [-0.4, -0.2) is 38.4 Å². The molecule has 0 aliphatic rings. The number of hydrogen-bond acceptors (Lipinski definition) is 6. The summed E-state index contributed by atoms with van der Waals surface area (Å²) in [7, 11) is 0. The van der Waals surface area contributed by atoms with Gasteiger partial charge >= 0.3 is 11.9 Å². The molecule has 6 nitrogen and oxygen atoms in total. The first kappa shape index (κ1) is 29.9. The Balaban J connectivity index is 1.61. The maximum atomic E-state index is 11.7. The van der Waals surface area contributed by atoms with Crippen molar-refractivity contribution in [3.05, 3.63) is 121 Å². The Labute approximate surface area is 246 Å². The van der Waals surface area contributed by atoms with E-state index in [2.05, 4.69) is 25.3 Å². The highest BCUT2D eigenvalue weighted by atomic mass is 16.6. The summed E-state index contributed by atoms with van der Waals surface area (Å²) in [4.78, 5) is 23.4. The normalized spacial score (nSPS) is 10.4. The zero-order valence-electron chi connectivity index (χ0n) is 23.9. The van der Waals surface area contributed by atoms with Gasteiger partial charge in [-0.1, -0.05) is 86.0 Å². The standard InChI is InChI=1S/C36H34O6/c1-25(2)35(37)41-21-19-39-33-17-15-29(23-31(33)27-11-7-5-8-12-27)30-16-18-34(40-20-22-42-36(38)26(3)4)32(24-30)28-13-9-6-10-14-28/h5-18,23-24H,1,3,19-22H2,2,4H3. The van der Waals surface area contributed by atoms with E-state index in [9.17, 15) is 9.59 Å². The van der Waals surface area contributed by atoms with Crippen LogP contribution < -0.4 is 9.47 Å². The van der Waals surface area contributed by atoms with E-state index < -0.39 is 11.9 Å². The molecule has 6 heteroatoms. The van der Waals surface area contributed by atoms with Gasteiger partial charge in [0.2, 0.25) is 0 Å². The summed E-state index contributed by atoms with van der Waals surface area (Å²) < 4.78 is 22.5. The predicted octanol–water partition coefficient (Wildman–Crippen LogP) is 7.68. The highest BCUT2D eigenvalue weighted by Crippen LogP contribution is 2.38. The lowest BCUT2D eigenvalue weighted by atomic mass is 9.95. The minimum atomic E-state index is -0.438. The van der Waals surface area contributed by atoms with Crippen LogP contribution in [-0.2, 0) is 19.1 Å². The quantitative estimate of drug-likeness (QED) is 0.0945. The minimum Gasteiger partial charge on any atom is -0.489 e. The van der Waals surface area contributed by atoms with Crippen molar-refractivity contribution in [1.82, 2.24) is 0 Å². The SMILES string of the molecule is C=C(C)C(=O)OCCOc1ccc(-c2ccc(OCCOC(=O)C(=C)C)c(-c3ccccc3)c2)cc1-c1ccccc1. The molecule has 0 heterocycles. The molecule has 0 saturated carbocycles. The molecule has 0 atom stereocenters. The van der Waals surface area contributed by atoms with Crippen molar-refractivity contribution in [2.24, 2.45) is 0 Å². The third-order valence-corrected chi connectivity index (χ3v) is 6.31. The van der Waals surface area contributed by atoms with Gasteiger partial charge in [0.05, 0.1) is 0 Å². The topological polar surface area (TPSA) is 71.1 Å². The van der Waals surface area contributed by atoms with Gasteiger partial charge < -0.3 is 18.9 Å². The highest BCUT2D eigenvalue weighted by molar-refractivity contribution is 5.87. The van der Waals surface area contributed by atoms with Crippen molar-refractivity contribution in [3.63, 3.8) is 0 Å². The average molecular weight is 563 g/mol. The first-order valence-electron chi connectivity index (χ1n) is 13.6. The van der Waals surface area contributed by atoms with Gasteiger partial charge in [-0.15, -0.1) is 0 Å². The molecule has 4 rings (SSSR count). The Kier molecular flexibility index (Phi) is 10.3. The van der Waals surface area contributed by atoms with Crippen LogP contribution in [0.15, 0.2) is 121 Å². The van der Waals surface area contributed by atoms with E-state index in [0.29, 0.717) is 22.6 Å². The Morgan fingerprint density at radius 3 is 1.26 bits per heavy atom. The van der Waals surface area contributed by atoms with Crippen molar-refractivity contribution in [2.45, 2.75) is 13.8 Å². The van der Waals surface area contributed by atoms with Gasteiger partial charge in [0.15, 0.2) is 0 Å². The maximum Gasteiger partial charge on any atom is 0.333 e. The monoisotopic (exact) mass is 562 g/mol. The van der Waals surface area contributed by atoms with Crippen LogP contribution in [0.25, 0.3) is 33.4 Å². The van der Waals surface area contributed by atoms with E-state index in [1.165, 1.54) is 0 Å². The van der Waals surface area contributed by atoms with Gasteiger partial charge in [0, 0.05) is 22.3 Å². The number of esters is 2. The molecule has 0 aliphatic heterocycles. The van der Waals surface area contributed by atoms with Crippen LogP contribution in [0.1, 0.15) is 13.8 Å². The Bertz CT molecular complexity index is 1440. The summed E-state index contributed by atoms with van der Waals surface area (Å²) in [6.45, 7) is 11.1. The van der Waals surface area contributed by atoms with Crippen LogP contribution in [0.4, 0.5) is 0 Å². The summed E-state index contributed by atoms with van der Waals surface area (Å²) in [5.41, 5.74) is 6.52. The molecular formula is C36H34O6. The molecule has 0 aromatic heterocycles. The molecule has 0 saturated heterocycles. The van der Waals surface area contributed by atoms with Gasteiger partial charge in [-0.3, -0.25) is 0 Å². The van der Waals surface area contributed by atoms with E-state index in [1.54, 1.807) is 13.8 Å². The lowest BCUT2D eigenvalue weighted by Crippen LogP contribution is -2.12. The van der Waals surface area contributed by atoms with E-state index >= 15 is 0 Å². The van der Waals surface area contributed by atoms with Crippen molar-refractivity contribution >= 4 is 11.9 Å². The smallest absolute Gasteiger partial charge is 0.333 e. The molecule has 42 heavy (non-hydrogen) atoms. The first-order chi connectivity index (χ1) is 20.3. The van der Waals surface area contributed by atoms with Crippen molar-refractivity contribution in [1.29, 1.82) is 0 Å². The molecular weight excluding hydrogens is 528 g/mol. The minimum absolute atomic E-state index is 0.121. The number of carbonyl (C=O) groups excluding carboxylic acids is 2. The molecule has 0 fully saturated rings.